The molecule has 37 heavy (non-hydrogen) atoms. The standard InChI is InChI=1S/C32H61NO4/c1-3-5-7-9-11-13-15-16-17-19-21-23-25-27-31(36)33-29(28-34)32(37)30(35)26-24-22-20-18-14-12-10-8-6-4-2/h8,10,18,20,29-30,32,34-35,37H,3-7,9,11-17,19,21-28H2,1-2H3,(H,33,36)/b10-8+,20-18+. The number of aliphatic hydroxyl groups excluding tert-OH is 3. The Morgan fingerprint density at radius 3 is 1.65 bits per heavy atom. The van der Waals surface area contributed by atoms with E-state index in [4.69, 9.17) is 0 Å². The molecule has 0 saturated carbocycles. The van der Waals surface area contributed by atoms with E-state index in [1.807, 2.05) is 0 Å². The minimum absolute atomic E-state index is 0.163. The lowest BCUT2D eigenvalue weighted by molar-refractivity contribution is -0.124. The molecule has 218 valence electrons. The quantitative estimate of drug-likeness (QED) is 0.0661. The number of carbonyl (C=O) groups is 1. The molecule has 0 aliphatic carbocycles. The lowest BCUT2D eigenvalue weighted by Crippen LogP contribution is -2.50. The number of amides is 1. The molecule has 0 spiro atoms. The molecule has 0 bridgehead atoms. The Labute approximate surface area is 229 Å². The number of nitrogens with one attached hydrogen (secondary N) is 1. The van der Waals surface area contributed by atoms with E-state index in [1.165, 1.54) is 70.6 Å². The van der Waals surface area contributed by atoms with Crippen molar-refractivity contribution in [2.45, 2.75) is 167 Å². The lowest BCUT2D eigenvalue weighted by atomic mass is 10.0. The first-order chi connectivity index (χ1) is 18.1. The normalized spacial score (nSPS) is 14.4. The number of carbonyl (C=O) groups excluding carboxylic acids is 1. The van der Waals surface area contributed by atoms with Gasteiger partial charge in [0, 0.05) is 6.42 Å². The average Bonchev–Trinajstić information content (AvgIpc) is 2.90. The molecule has 5 heteroatoms. The van der Waals surface area contributed by atoms with Crippen LogP contribution >= 0.6 is 0 Å². The summed E-state index contributed by atoms with van der Waals surface area (Å²) in [5.74, 6) is -0.163. The third kappa shape index (κ3) is 23.7. The number of aliphatic hydroxyl groups is 3. The zero-order valence-electron chi connectivity index (χ0n) is 24.3. The zero-order valence-corrected chi connectivity index (χ0v) is 24.3. The second-order valence-electron chi connectivity index (χ2n) is 10.6. The Morgan fingerprint density at radius 1 is 0.649 bits per heavy atom. The van der Waals surface area contributed by atoms with Gasteiger partial charge in [-0.25, -0.2) is 0 Å². The number of allylic oxidation sites excluding steroid dienone is 4. The molecule has 0 rings (SSSR count). The predicted octanol–water partition coefficient (Wildman–Crippen LogP) is 7.53. The smallest absolute Gasteiger partial charge is 0.220 e. The van der Waals surface area contributed by atoms with Crippen molar-refractivity contribution in [2.24, 2.45) is 0 Å². The van der Waals surface area contributed by atoms with Crippen LogP contribution in [0.15, 0.2) is 24.3 Å². The summed E-state index contributed by atoms with van der Waals surface area (Å²) >= 11 is 0. The monoisotopic (exact) mass is 523 g/mol. The molecule has 0 saturated heterocycles. The number of unbranched alkanes of at least 4 members (excludes halogenated alkanes) is 15. The number of hydrogen-bond acceptors (Lipinski definition) is 4. The van der Waals surface area contributed by atoms with Gasteiger partial charge >= 0.3 is 0 Å². The van der Waals surface area contributed by atoms with E-state index in [1.54, 1.807) is 0 Å². The summed E-state index contributed by atoms with van der Waals surface area (Å²) in [4.78, 5) is 12.3. The highest BCUT2D eigenvalue weighted by molar-refractivity contribution is 5.76. The van der Waals surface area contributed by atoms with Crippen LogP contribution in [0.1, 0.15) is 149 Å². The van der Waals surface area contributed by atoms with E-state index in [-0.39, 0.29) is 12.5 Å². The SMILES string of the molecule is CCC/C=C/CC/C=C/CCCC(O)C(O)C(CO)NC(=O)CCCCCCCCCCCCCCC. The Kier molecular flexibility index (Phi) is 27.0. The van der Waals surface area contributed by atoms with E-state index < -0.39 is 18.2 Å². The van der Waals surface area contributed by atoms with Crippen molar-refractivity contribution >= 4 is 5.91 Å². The maximum absolute atomic E-state index is 12.3. The molecule has 3 atom stereocenters. The second-order valence-corrected chi connectivity index (χ2v) is 10.6. The van der Waals surface area contributed by atoms with Gasteiger partial charge in [-0.1, -0.05) is 122 Å². The van der Waals surface area contributed by atoms with Crippen molar-refractivity contribution in [3.05, 3.63) is 24.3 Å². The molecule has 5 nitrogen and oxygen atoms in total. The molecule has 4 N–H and O–H groups in total. The van der Waals surface area contributed by atoms with Crippen LogP contribution in [-0.2, 0) is 4.79 Å². The third-order valence-electron chi connectivity index (χ3n) is 7.02. The topological polar surface area (TPSA) is 89.8 Å². The number of rotatable bonds is 27. The van der Waals surface area contributed by atoms with Gasteiger partial charge in [-0.05, 0) is 44.9 Å². The molecule has 0 aromatic rings. The van der Waals surface area contributed by atoms with Crippen LogP contribution in [0, 0.1) is 0 Å². The van der Waals surface area contributed by atoms with E-state index in [0.29, 0.717) is 12.8 Å². The van der Waals surface area contributed by atoms with Crippen LogP contribution in [0.25, 0.3) is 0 Å². The predicted molar refractivity (Wildman–Crippen MR) is 158 cm³/mol. The van der Waals surface area contributed by atoms with E-state index in [2.05, 4.69) is 43.5 Å². The van der Waals surface area contributed by atoms with Gasteiger partial charge in [0.1, 0.15) is 6.10 Å². The largest absolute Gasteiger partial charge is 0.394 e. The van der Waals surface area contributed by atoms with E-state index in [9.17, 15) is 20.1 Å². The van der Waals surface area contributed by atoms with Gasteiger partial charge in [0.25, 0.3) is 0 Å². The molecular weight excluding hydrogens is 462 g/mol. The van der Waals surface area contributed by atoms with Gasteiger partial charge in [0.2, 0.25) is 5.91 Å². The van der Waals surface area contributed by atoms with Gasteiger partial charge in [-0.2, -0.15) is 0 Å². The van der Waals surface area contributed by atoms with Crippen molar-refractivity contribution in [2.75, 3.05) is 6.61 Å². The average molecular weight is 524 g/mol. The molecule has 0 aromatic heterocycles. The Morgan fingerprint density at radius 2 is 1.14 bits per heavy atom. The summed E-state index contributed by atoms with van der Waals surface area (Å²) in [6, 6.07) is -0.824. The fourth-order valence-electron chi connectivity index (χ4n) is 4.54. The molecule has 0 aromatic carbocycles. The first-order valence-electron chi connectivity index (χ1n) is 15.6. The van der Waals surface area contributed by atoms with Crippen molar-refractivity contribution in [1.29, 1.82) is 0 Å². The van der Waals surface area contributed by atoms with Crippen LogP contribution in [0.2, 0.25) is 0 Å². The minimum Gasteiger partial charge on any atom is -0.394 e. The molecule has 0 aliphatic rings. The first kappa shape index (κ1) is 35.8. The van der Waals surface area contributed by atoms with E-state index in [0.717, 1.165) is 51.4 Å². The van der Waals surface area contributed by atoms with Crippen molar-refractivity contribution in [3.63, 3.8) is 0 Å². The first-order valence-corrected chi connectivity index (χ1v) is 15.6. The van der Waals surface area contributed by atoms with Crippen LogP contribution in [0.5, 0.6) is 0 Å². The van der Waals surface area contributed by atoms with Crippen molar-refractivity contribution < 1.29 is 20.1 Å². The van der Waals surface area contributed by atoms with Crippen LogP contribution in [0.4, 0.5) is 0 Å². The Hall–Kier alpha value is -1.17. The Balaban J connectivity index is 3.80. The fraction of sp³-hybridized carbons (Fsp3) is 0.844. The maximum atomic E-state index is 12.3. The van der Waals surface area contributed by atoms with Gasteiger partial charge in [-0.3, -0.25) is 4.79 Å². The van der Waals surface area contributed by atoms with E-state index >= 15 is 0 Å². The summed E-state index contributed by atoms with van der Waals surface area (Å²) < 4.78 is 0. The summed E-state index contributed by atoms with van der Waals surface area (Å²) in [6.45, 7) is 4.05. The zero-order chi connectivity index (χ0) is 27.4. The van der Waals surface area contributed by atoms with Gasteiger partial charge in [0.15, 0.2) is 0 Å². The Bertz CT molecular complexity index is 549. The van der Waals surface area contributed by atoms with Crippen LogP contribution < -0.4 is 5.32 Å². The van der Waals surface area contributed by atoms with Gasteiger partial charge in [0.05, 0.1) is 18.8 Å². The lowest BCUT2D eigenvalue weighted by Gasteiger charge is -2.26. The molecule has 1 amide bonds. The summed E-state index contributed by atoms with van der Waals surface area (Å²) in [7, 11) is 0. The molecule has 0 heterocycles. The third-order valence-corrected chi connectivity index (χ3v) is 7.02. The second kappa shape index (κ2) is 27.9. The van der Waals surface area contributed by atoms with Crippen LogP contribution in [0.3, 0.4) is 0 Å². The highest BCUT2D eigenvalue weighted by Gasteiger charge is 2.26. The maximum Gasteiger partial charge on any atom is 0.220 e. The highest BCUT2D eigenvalue weighted by Crippen LogP contribution is 2.14. The summed E-state index contributed by atoms with van der Waals surface area (Å²) in [6.07, 6.45) is 29.8. The van der Waals surface area contributed by atoms with Gasteiger partial charge < -0.3 is 20.6 Å². The summed E-state index contributed by atoms with van der Waals surface area (Å²) in [5, 5.41) is 33.0. The molecule has 0 aliphatic heterocycles. The molecule has 0 radical (unpaired) electrons. The molecule has 3 unspecified atom stereocenters. The molecule has 0 fully saturated rings. The van der Waals surface area contributed by atoms with Crippen molar-refractivity contribution in [1.82, 2.24) is 5.32 Å². The summed E-state index contributed by atoms with van der Waals surface area (Å²) in [5.41, 5.74) is 0. The number of hydrogen-bond donors (Lipinski definition) is 4. The van der Waals surface area contributed by atoms with Crippen molar-refractivity contribution in [3.8, 4) is 0 Å². The fourth-order valence-corrected chi connectivity index (χ4v) is 4.54. The van der Waals surface area contributed by atoms with Crippen LogP contribution in [-0.4, -0.2) is 46.1 Å². The minimum atomic E-state index is -1.16. The van der Waals surface area contributed by atoms with Gasteiger partial charge in [-0.15, -0.1) is 0 Å². The molecular formula is C32H61NO4. The highest BCUT2D eigenvalue weighted by atomic mass is 16.3.